The second-order valence-corrected chi connectivity index (χ2v) is 9.58. The average molecular weight is 516 g/mol. The summed E-state index contributed by atoms with van der Waals surface area (Å²) in [5.41, 5.74) is 6.58. The average Bonchev–Trinajstić information content (AvgIpc) is 3.39. The van der Waals surface area contributed by atoms with Crippen molar-refractivity contribution in [2.24, 2.45) is 48.6 Å². The number of nitrogens with one attached hydrogen (secondary N) is 1. The van der Waals surface area contributed by atoms with Crippen LogP contribution in [0.2, 0.25) is 0 Å². The van der Waals surface area contributed by atoms with Crippen molar-refractivity contribution in [3.63, 3.8) is 0 Å². The summed E-state index contributed by atoms with van der Waals surface area (Å²) in [5.74, 6) is 1.39. The summed E-state index contributed by atoms with van der Waals surface area (Å²) in [6.45, 7) is 5.17. The zero-order valence-electron chi connectivity index (χ0n) is 23.1. The summed E-state index contributed by atoms with van der Waals surface area (Å²) >= 11 is 0. The van der Waals surface area contributed by atoms with Crippen LogP contribution >= 0.6 is 0 Å². The molecule has 198 valence electrons. The molecular formula is C27H37N11+2. The number of azo groups is 2. The largest absolute Gasteiger partial charge is 0.403 e. The number of benzene rings is 2. The SMILES string of the molecule is Cc1cc(N=Nc2n(C)nc[n+]2C)ccc1CCCCCNc1ccc(N=Nc2n(C)nc[n+]2C)cc1C. The Bertz CT molecular complexity index is 1300. The molecule has 0 aliphatic carbocycles. The number of aryl methyl sites for hydroxylation is 7. The van der Waals surface area contributed by atoms with Crippen LogP contribution in [0.5, 0.6) is 0 Å². The molecule has 2 heterocycles. The first-order valence-electron chi connectivity index (χ1n) is 12.8. The first kappa shape index (κ1) is 26.8. The van der Waals surface area contributed by atoms with Crippen molar-refractivity contribution in [3.8, 4) is 0 Å². The van der Waals surface area contributed by atoms with Gasteiger partial charge in [0.05, 0.1) is 39.6 Å². The molecule has 1 N–H and O–H groups in total. The minimum absolute atomic E-state index is 0.691. The van der Waals surface area contributed by atoms with Crippen molar-refractivity contribution >= 4 is 29.0 Å². The standard InChI is InChI=1S/C27H36N11/c1-20-16-23(31-33-26-35(3)18-29-37(26)5)12-11-22(20)10-8-7-9-15-28-25-14-13-24(17-21(25)2)32-34-27-36(4)19-30-38(27)6/h11-14,16-19H,7-10,15H2,1-6H3/q+1/p+1. The number of aromatic nitrogens is 6. The predicted molar refractivity (Wildman–Crippen MR) is 146 cm³/mol. The molecule has 11 heteroatoms. The van der Waals surface area contributed by atoms with Crippen molar-refractivity contribution in [1.82, 2.24) is 19.6 Å². The van der Waals surface area contributed by atoms with Gasteiger partial charge in [0.1, 0.15) is 0 Å². The summed E-state index contributed by atoms with van der Waals surface area (Å²) < 4.78 is 7.07. The lowest BCUT2D eigenvalue weighted by atomic mass is 10.0. The maximum Gasteiger partial charge on any atom is 0.403 e. The molecule has 38 heavy (non-hydrogen) atoms. The Labute approximate surface area is 223 Å². The maximum absolute atomic E-state index is 4.38. The first-order valence-corrected chi connectivity index (χ1v) is 12.8. The van der Waals surface area contributed by atoms with Crippen molar-refractivity contribution in [2.75, 3.05) is 11.9 Å². The Morgan fingerprint density at radius 3 is 1.84 bits per heavy atom. The van der Waals surface area contributed by atoms with E-state index in [0.717, 1.165) is 54.9 Å². The zero-order chi connectivity index (χ0) is 27.1. The topological polar surface area (TPSA) is 105 Å². The fraction of sp³-hybridized carbons (Fsp3) is 0.407. The number of nitrogens with zero attached hydrogens (tertiary/aromatic N) is 10. The van der Waals surface area contributed by atoms with Crippen LogP contribution in [0.1, 0.15) is 36.0 Å². The Kier molecular flexibility index (Phi) is 8.67. The van der Waals surface area contributed by atoms with Crippen molar-refractivity contribution in [2.45, 2.75) is 39.5 Å². The molecule has 0 amide bonds. The first-order chi connectivity index (χ1) is 18.3. The van der Waals surface area contributed by atoms with Gasteiger partial charge in [-0.2, -0.15) is 0 Å². The fourth-order valence-corrected chi connectivity index (χ4v) is 4.22. The Morgan fingerprint density at radius 2 is 1.32 bits per heavy atom. The second-order valence-electron chi connectivity index (χ2n) is 9.58. The van der Waals surface area contributed by atoms with E-state index < -0.39 is 0 Å². The Hall–Kier alpha value is -4.28. The van der Waals surface area contributed by atoms with Gasteiger partial charge in [-0.15, -0.1) is 9.36 Å². The van der Waals surface area contributed by atoms with Gasteiger partial charge >= 0.3 is 11.9 Å². The van der Waals surface area contributed by atoms with Gasteiger partial charge in [-0.1, -0.05) is 22.7 Å². The van der Waals surface area contributed by atoms with E-state index in [0.29, 0.717) is 11.9 Å². The monoisotopic (exact) mass is 515 g/mol. The quantitative estimate of drug-likeness (QED) is 0.171. The molecule has 4 aromatic rings. The molecule has 2 aromatic heterocycles. The molecular weight excluding hydrogens is 478 g/mol. The summed E-state index contributed by atoms with van der Waals surface area (Å²) in [6.07, 6.45) is 7.92. The van der Waals surface area contributed by atoms with Gasteiger partial charge in [0.25, 0.3) is 0 Å². The van der Waals surface area contributed by atoms with E-state index in [4.69, 9.17) is 0 Å². The molecule has 0 spiro atoms. The third kappa shape index (κ3) is 6.72. The highest BCUT2D eigenvalue weighted by Crippen LogP contribution is 2.24. The summed E-state index contributed by atoms with van der Waals surface area (Å²) in [6, 6.07) is 12.4. The van der Waals surface area contributed by atoms with Gasteiger partial charge in [-0.25, -0.2) is 9.13 Å². The Balaban J connectivity index is 1.20. The molecule has 0 saturated heterocycles. The molecule has 0 saturated carbocycles. The highest BCUT2D eigenvalue weighted by molar-refractivity contribution is 5.57. The van der Waals surface area contributed by atoms with Crippen LogP contribution in [0.25, 0.3) is 0 Å². The highest BCUT2D eigenvalue weighted by atomic mass is 15.4. The zero-order valence-corrected chi connectivity index (χ0v) is 23.1. The molecule has 11 nitrogen and oxygen atoms in total. The van der Waals surface area contributed by atoms with Crippen LogP contribution < -0.4 is 14.5 Å². The highest BCUT2D eigenvalue weighted by Gasteiger charge is 2.12. The lowest BCUT2D eigenvalue weighted by Crippen LogP contribution is -2.25. The molecule has 0 unspecified atom stereocenters. The van der Waals surface area contributed by atoms with E-state index in [9.17, 15) is 0 Å². The molecule has 0 aliphatic heterocycles. The van der Waals surface area contributed by atoms with Crippen LogP contribution in [0.15, 0.2) is 69.5 Å². The Morgan fingerprint density at radius 1 is 0.737 bits per heavy atom. The molecule has 2 aromatic carbocycles. The lowest BCUT2D eigenvalue weighted by molar-refractivity contribution is -0.659. The van der Waals surface area contributed by atoms with E-state index in [2.05, 4.69) is 68.0 Å². The van der Waals surface area contributed by atoms with Gasteiger partial charge < -0.3 is 5.32 Å². The summed E-state index contributed by atoms with van der Waals surface area (Å²) in [5, 5.41) is 29.3. The number of rotatable bonds is 11. The van der Waals surface area contributed by atoms with E-state index in [1.54, 1.807) is 22.0 Å². The molecule has 0 aliphatic rings. The van der Waals surface area contributed by atoms with Crippen LogP contribution in [0, 0.1) is 13.8 Å². The third-order valence-electron chi connectivity index (χ3n) is 6.49. The van der Waals surface area contributed by atoms with Gasteiger partial charge in [0, 0.05) is 22.5 Å². The lowest BCUT2D eigenvalue weighted by Gasteiger charge is -2.10. The maximum atomic E-state index is 4.38. The van der Waals surface area contributed by atoms with Crippen LogP contribution in [-0.4, -0.2) is 26.1 Å². The predicted octanol–water partition coefficient (Wildman–Crippen LogP) is 5.08. The summed E-state index contributed by atoms with van der Waals surface area (Å²) in [7, 11) is 7.51. The van der Waals surface area contributed by atoms with Crippen LogP contribution in [-0.2, 0) is 34.6 Å². The van der Waals surface area contributed by atoms with Crippen LogP contribution in [0.4, 0.5) is 29.0 Å². The van der Waals surface area contributed by atoms with Gasteiger partial charge in [-0.05, 0) is 90.3 Å². The van der Waals surface area contributed by atoms with Crippen LogP contribution in [0.3, 0.4) is 0 Å². The molecule has 0 bridgehead atoms. The van der Waals surface area contributed by atoms with E-state index in [1.165, 1.54) is 11.1 Å². The number of hydrogen-bond acceptors (Lipinski definition) is 7. The molecule has 0 radical (unpaired) electrons. The number of hydrogen-bond donors (Lipinski definition) is 1. The van der Waals surface area contributed by atoms with Crippen molar-refractivity contribution in [3.05, 3.63) is 65.7 Å². The smallest absolute Gasteiger partial charge is 0.385 e. The number of anilines is 1. The minimum atomic E-state index is 0.691. The second kappa shape index (κ2) is 12.3. The van der Waals surface area contributed by atoms with Gasteiger partial charge in [-0.3, -0.25) is 0 Å². The normalized spacial score (nSPS) is 11.7. The van der Waals surface area contributed by atoms with Crippen molar-refractivity contribution in [1.29, 1.82) is 0 Å². The number of unbranched alkanes of at least 4 members (excludes halogenated alkanes) is 2. The molecule has 0 fully saturated rings. The third-order valence-corrected chi connectivity index (χ3v) is 6.49. The van der Waals surface area contributed by atoms with Gasteiger partial charge in [0.2, 0.25) is 12.7 Å². The minimum Gasteiger partial charge on any atom is -0.385 e. The van der Waals surface area contributed by atoms with Crippen molar-refractivity contribution < 1.29 is 9.13 Å². The summed E-state index contributed by atoms with van der Waals surface area (Å²) in [4.78, 5) is 0. The van der Waals surface area contributed by atoms with E-state index >= 15 is 0 Å². The fourth-order valence-electron chi connectivity index (χ4n) is 4.22. The van der Waals surface area contributed by atoms with E-state index in [1.807, 2.05) is 55.5 Å². The molecule has 4 rings (SSSR count). The van der Waals surface area contributed by atoms with E-state index in [-0.39, 0.29) is 0 Å². The van der Waals surface area contributed by atoms with Gasteiger partial charge in [0.15, 0.2) is 0 Å². The molecule has 0 atom stereocenters.